The molecule has 1 saturated carbocycles. The van der Waals surface area contributed by atoms with Gasteiger partial charge >= 0.3 is 0 Å². The molecule has 1 aliphatic carbocycles. The highest BCUT2D eigenvalue weighted by Gasteiger charge is 2.47. The Balaban J connectivity index is 1.70. The number of aliphatic hydroxyl groups excluding tert-OH is 1. The molecule has 3 aliphatic rings. The fourth-order valence-electron chi connectivity index (χ4n) is 4.36. The third-order valence-corrected chi connectivity index (χ3v) is 5.41. The summed E-state index contributed by atoms with van der Waals surface area (Å²) in [4.78, 5) is 2.55. The van der Waals surface area contributed by atoms with E-state index in [9.17, 15) is 5.11 Å². The zero-order chi connectivity index (χ0) is 11.9. The Hall–Kier alpha value is -0.120. The van der Waals surface area contributed by atoms with Crippen LogP contribution in [-0.4, -0.2) is 47.3 Å². The highest BCUT2D eigenvalue weighted by molar-refractivity contribution is 5.06. The van der Waals surface area contributed by atoms with E-state index < -0.39 is 0 Å². The van der Waals surface area contributed by atoms with Gasteiger partial charge in [-0.05, 0) is 45.6 Å². The molecule has 2 bridgehead atoms. The first kappa shape index (κ1) is 11.9. The van der Waals surface area contributed by atoms with Crippen LogP contribution in [0.25, 0.3) is 0 Å². The van der Waals surface area contributed by atoms with Crippen molar-refractivity contribution >= 4 is 0 Å². The minimum atomic E-state index is 0.0351. The van der Waals surface area contributed by atoms with Gasteiger partial charge in [0.15, 0.2) is 0 Å². The summed E-state index contributed by atoms with van der Waals surface area (Å²) in [5, 5.41) is 13.7. The predicted molar refractivity (Wildman–Crippen MR) is 69.0 cm³/mol. The Bertz CT molecular complexity index is 261. The fraction of sp³-hybridized carbons (Fsp3) is 1.00. The Morgan fingerprint density at radius 2 is 1.71 bits per heavy atom. The minimum Gasteiger partial charge on any atom is -0.394 e. The highest BCUT2D eigenvalue weighted by atomic mass is 16.3. The molecule has 17 heavy (non-hydrogen) atoms. The molecule has 2 heterocycles. The maximum atomic E-state index is 9.87. The van der Waals surface area contributed by atoms with E-state index in [-0.39, 0.29) is 5.54 Å². The van der Waals surface area contributed by atoms with Crippen LogP contribution in [0.4, 0.5) is 0 Å². The molecule has 3 fully saturated rings. The van der Waals surface area contributed by atoms with Crippen LogP contribution in [0.5, 0.6) is 0 Å². The third kappa shape index (κ3) is 2.13. The lowest BCUT2D eigenvalue weighted by molar-refractivity contribution is 0.0402. The van der Waals surface area contributed by atoms with E-state index >= 15 is 0 Å². The first-order chi connectivity index (χ1) is 8.22. The molecule has 3 heteroatoms. The molecule has 98 valence electrons. The fourth-order valence-corrected chi connectivity index (χ4v) is 4.36. The molecule has 0 aromatic carbocycles. The number of hydrogen-bond acceptors (Lipinski definition) is 3. The van der Waals surface area contributed by atoms with Crippen molar-refractivity contribution in [2.75, 3.05) is 13.7 Å². The second-order valence-electron chi connectivity index (χ2n) is 6.52. The monoisotopic (exact) mass is 238 g/mol. The zero-order valence-electron chi connectivity index (χ0n) is 11.0. The van der Waals surface area contributed by atoms with Gasteiger partial charge in [0.05, 0.1) is 6.61 Å². The SMILES string of the molecule is CN1C2CCC1CC(CO)(NC1CCCC1)C2. The van der Waals surface area contributed by atoms with Crippen LogP contribution in [-0.2, 0) is 0 Å². The molecule has 2 unspecified atom stereocenters. The molecule has 2 saturated heterocycles. The van der Waals surface area contributed by atoms with Crippen LogP contribution in [0.3, 0.4) is 0 Å². The average Bonchev–Trinajstić information content (AvgIpc) is 2.88. The maximum Gasteiger partial charge on any atom is 0.0614 e. The van der Waals surface area contributed by atoms with Gasteiger partial charge in [0.2, 0.25) is 0 Å². The van der Waals surface area contributed by atoms with Gasteiger partial charge in [-0.25, -0.2) is 0 Å². The molecule has 0 aromatic rings. The first-order valence-electron chi connectivity index (χ1n) is 7.33. The highest BCUT2D eigenvalue weighted by Crippen LogP contribution is 2.40. The van der Waals surface area contributed by atoms with Crippen molar-refractivity contribution in [2.24, 2.45) is 0 Å². The van der Waals surface area contributed by atoms with Crippen LogP contribution in [0.1, 0.15) is 51.4 Å². The summed E-state index contributed by atoms with van der Waals surface area (Å²) >= 11 is 0. The average molecular weight is 238 g/mol. The van der Waals surface area contributed by atoms with Crippen LogP contribution in [0.15, 0.2) is 0 Å². The minimum absolute atomic E-state index is 0.0351. The number of piperidine rings is 1. The molecule has 3 nitrogen and oxygen atoms in total. The normalized spacial score (nSPS) is 43.4. The van der Waals surface area contributed by atoms with E-state index in [1.807, 2.05) is 0 Å². The van der Waals surface area contributed by atoms with Gasteiger partial charge in [-0.3, -0.25) is 0 Å². The van der Waals surface area contributed by atoms with E-state index in [2.05, 4.69) is 17.3 Å². The van der Waals surface area contributed by atoms with Crippen molar-refractivity contribution in [3.8, 4) is 0 Å². The van der Waals surface area contributed by atoms with E-state index in [4.69, 9.17) is 0 Å². The molecule has 0 spiro atoms. The van der Waals surface area contributed by atoms with Crippen LogP contribution in [0.2, 0.25) is 0 Å². The summed E-state index contributed by atoms with van der Waals surface area (Å²) in [5.41, 5.74) is 0.0351. The van der Waals surface area contributed by atoms with Gasteiger partial charge in [0.25, 0.3) is 0 Å². The van der Waals surface area contributed by atoms with Crippen LogP contribution >= 0.6 is 0 Å². The number of fused-ring (bicyclic) bond motifs is 2. The lowest BCUT2D eigenvalue weighted by Crippen LogP contribution is -2.60. The Kier molecular flexibility index (Phi) is 3.18. The molecule has 0 radical (unpaired) electrons. The number of nitrogens with one attached hydrogen (secondary N) is 1. The summed E-state index contributed by atoms with van der Waals surface area (Å²) in [7, 11) is 2.26. The molecule has 0 aromatic heterocycles. The standard InChI is InChI=1S/C14H26N2O/c1-16-12-6-7-13(16)9-14(8-12,10-17)15-11-4-2-3-5-11/h11-13,15,17H,2-10H2,1H3. The molecule has 2 aliphatic heterocycles. The largest absolute Gasteiger partial charge is 0.394 e. The van der Waals surface area contributed by atoms with Crippen molar-refractivity contribution in [3.05, 3.63) is 0 Å². The molecule has 2 atom stereocenters. The quantitative estimate of drug-likeness (QED) is 0.782. The lowest BCUT2D eigenvalue weighted by atomic mass is 9.83. The van der Waals surface area contributed by atoms with Crippen molar-refractivity contribution in [3.63, 3.8) is 0 Å². The zero-order valence-corrected chi connectivity index (χ0v) is 11.0. The van der Waals surface area contributed by atoms with Gasteiger partial charge in [0, 0.05) is 23.7 Å². The van der Waals surface area contributed by atoms with Crippen LogP contribution in [0, 0.1) is 0 Å². The number of nitrogens with zero attached hydrogens (tertiary/aromatic N) is 1. The Morgan fingerprint density at radius 3 is 2.24 bits per heavy atom. The summed E-state index contributed by atoms with van der Waals surface area (Å²) in [6.45, 7) is 0.324. The van der Waals surface area contributed by atoms with E-state index in [0.717, 1.165) is 12.8 Å². The van der Waals surface area contributed by atoms with Crippen molar-refractivity contribution in [1.29, 1.82) is 0 Å². The van der Waals surface area contributed by atoms with Gasteiger partial charge in [-0.15, -0.1) is 0 Å². The van der Waals surface area contributed by atoms with Crippen molar-refractivity contribution < 1.29 is 5.11 Å². The van der Waals surface area contributed by atoms with E-state index in [1.54, 1.807) is 0 Å². The first-order valence-corrected chi connectivity index (χ1v) is 7.33. The van der Waals surface area contributed by atoms with Gasteiger partial charge in [0.1, 0.15) is 0 Å². The van der Waals surface area contributed by atoms with Crippen molar-refractivity contribution in [1.82, 2.24) is 10.2 Å². The number of aliphatic hydroxyl groups is 1. The second kappa shape index (κ2) is 4.52. The second-order valence-corrected chi connectivity index (χ2v) is 6.52. The van der Waals surface area contributed by atoms with Crippen molar-refractivity contribution in [2.45, 2.75) is 75.0 Å². The van der Waals surface area contributed by atoms with E-state index in [0.29, 0.717) is 24.7 Å². The summed E-state index contributed by atoms with van der Waals surface area (Å²) in [6.07, 6.45) is 10.3. The molecular formula is C14H26N2O. The molecule has 2 N–H and O–H groups in total. The number of hydrogen-bond donors (Lipinski definition) is 2. The Morgan fingerprint density at radius 1 is 1.12 bits per heavy atom. The third-order valence-electron chi connectivity index (χ3n) is 5.41. The molecular weight excluding hydrogens is 212 g/mol. The topological polar surface area (TPSA) is 35.5 Å². The lowest BCUT2D eigenvalue weighted by Gasteiger charge is -2.46. The number of rotatable bonds is 3. The Labute approximate surface area is 105 Å². The predicted octanol–water partition coefficient (Wildman–Crippen LogP) is 1.51. The van der Waals surface area contributed by atoms with Gasteiger partial charge in [-0.2, -0.15) is 0 Å². The summed E-state index contributed by atoms with van der Waals surface area (Å²) in [5.74, 6) is 0. The smallest absolute Gasteiger partial charge is 0.0614 e. The molecule has 0 amide bonds. The summed E-state index contributed by atoms with van der Waals surface area (Å²) in [6, 6.07) is 2.08. The van der Waals surface area contributed by atoms with Gasteiger partial charge < -0.3 is 15.3 Å². The van der Waals surface area contributed by atoms with Gasteiger partial charge in [-0.1, -0.05) is 12.8 Å². The van der Waals surface area contributed by atoms with E-state index in [1.165, 1.54) is 38.5 Å². The molecule has 3 rings (SSSR count). The van der Waals surface area contributed by atoms with Crippen LogP contribution < -0.4 is 5.32 Å². The summed E-state index contributed by atoms with van der Waals surface area (Å²) < 4.78 is 0. The maximum absolute atomic E-state index is 9.87.